The van der Waals surface area contributed by atoms with E-state index in [2.05, 4.69) is 11.8 Å². The molecule has 1 aromatic rings. The van der Waals surface area contributed by atoms with E-state index in [1.54, 1.807) is 12.1 Å². The average molecular weight is 269 g/mol. The fourth-order valence-electron chi connectivity index (χ4n) is 2.57. The highest BCUT2D eigenvalue weighted by atomic mass is 32.2. The summed E-state index contributed by atoms with van der Waals surface area (Å²) in [4.78, 5) is 2.28. The molecule has 0 bridgehead atoms. The van der Waals surface area contributed by atoms with Gasteiger partial charge in [0.25, 0.3) is 0 Å². The molecule has 0 aromatic heterocycles. The molecule has 1 atom stereocenters. The van der Waals surface area contributed by atoms with E-state index in [9.17, 15) is 8.42 Å². The van der Waals surface area contributed by atoms with Gasteiger partial charge in [0, 0.05) is 18.3 Å². The highest BCUT2D eigenvalue weighted by molar-refractivity contribution is 7.89. The molecule has 1 fully saturated rings. The third-order valence-electron chi connectivity index (χ3n) is 3.48. The van der Waals surface area contributed by atoms with Crippen LogP contribution in [0.2, 0.25) is 0 Å². The first-order valence-corrected chi connectivity index (χ1v) is 7.67. The molecule has 1 heterocycles. The van der Waals surface area contributed by atoms with Crippen LogP contribution in [0.25, 0.3) is 0 Å². The fraction of sp³-hybridized carbons (Fsp3) is 0.500. The SMILES string of the molecule is CCC1CCCN1c1ccc(S(N)(=O)=O)c(N)c1. The van der Waals surface area contributed by atoms with E-state index in [0.29, 0.717) is 6.04 Å². The van der Waals surface area contributed by atoms with Gasteiger partial charge in [-0.25, -0.2) is 13.6 Å². The molecule has 0 amide bonds. The number of hydrogen-bond donors (Lipinski definition) is 2. The highest BCUT2D eigenvalue weighted by Crippen LogP contribution is 2.30. The summed E-state index contributed by atoms with van der Waals surface area (Å²) in [6, 6.07) is 5.49. The van der Waals surface area contributed by atoms with Crippen LogP contribution < -0.4 is 15.8 Å². The second-order valence-electron chi connectivity index (χ2n) is 4.66. The van der Waals surface area contributed by atoms with Gasteiger partial charge in [-0.3, -0.25) is 0 Å². The molecule has 1 saturated heterocycles. The van der Waals surface area contributed by atoms with Gasteiger partial charge in [0.1, 0.15) is 4.90 Å². The number of nitrogen functional groups attached to an aromatic ring is 1. The number of hydrogen-bond acceptors (Lipinski definition) is 4. The zero-order valence-corrected chi connectivity index (χ0v) is 11.3. The lowest BCUT2D eigenvalue weighted by molar-refractivity contribution is 0.598. The van der Waals surface area contributed by atoms with Crippen LogP contribution in [-0.2, 0) is 10.0 Å². The number of nitrogens with zero attached hydrogens (tertiary/aromatic N) is 1. The van der Waals surface area contributed by atoms with Gasteiger partial charge in [0.15, 0.2) is 0 Å². The molecular weight excluding hydrogens is 250 g/mol. The number of rotatable bonds is 3. The molecule has 0 saturated carbocycles. The van der Waals surface area contributed by atoms with E-state index in [1.807, 2.05) is 0 Å². The van der Waals surface area contributed by atoms with E-state index < -0.39 is 10.0 Å². The summed E-state index contributed by atoms with van der Waals surface area (Å²) in [5, 5.41) is 5.09. The minimum atomic E-state index is -3.74. The smallest absolute Gasteiger partial charge is 0.240 e. The van der Waals surface area contributed by atoms with E-state index in [-0.39, 0.29) is 10.6 Å². The molecule has 5 nitrogen and oxygen atoms in total. The van der Waals surface area contributed by atoms with Crippen LogP contribution in [0.3, 0.4) is 0 Å². The van der Waals surface area contributed by atoms with E-state index >= 15 is 0 Å². The van der Waals surface area contributed by atoms with Gasteiger partial charge in [-0.1, -0.05) is 6.92 Å². The van der Waals surface area contributed by atoms with Crippen LogP contribution in [-0.4, -0.2) is 21.0 Å². The first kappa shape index (κ1) is 13.2. The summed E-state index contributed by atoms with van der Waals surface area (Å²) in [5.41, 5.74) is 6.97. The maximum Gasteiger partial charge on any atom is 0.240 e. The fourth-order valence-corrected chi connectivity index (χ4v) is 3.22. The van der Waals surface area contributed by atoms with Crippen molar-refractivity contribution in [2.75, 3.05) is 17.2 Å². The second kappa shape index (κ2) is 4.78. The van der Waals surface area contributed by atoms with E-state index in [1.165, 1.54) is 12.5 Å². The number of sulfonamides is 1. The minimum absolute atomic E-state index is 0.00139. The number of primary sulfonamides is 1. The lowest BCUT2D eigenvalue weighted by Gasteiger charge is -2.26. The monoisotopic (exact) mass is 269 g/mol. The normalized spacial score (nSPS) is 20.3. The molecular formula is C12H19N3O2S. The lowest BCUT2D eigenvalue weighted by Crippen LogP contribution is -2.28. The lowest BCUT2D eigenvalue weighted by atomic mass is 10.1. The molecule has 0 spiro atoms. The molecule has 1 aliphatic rings. The molecule has 1 aliphatic heterocycles. The molecule has 6 heteroatoms. The van der Waals surface area contributed by atoms with Crippen LogP contribution in [0.1, 0.15) is 26.2 Å². The van der Waals surface area contributed by atoms with Crippen molar-refractivity contribution >= 4 is 21.4 Å². The quantitative estimate of drug-likeness (QED) is 0.809. The Balaban J connectivity index is 2.35. The Bertz CT molecular complexity index is 542. The minimum Gasteiger partial charge on any atom is -0.398 e. The van der Waals surface area contributed by atoms with Crippen molar-refractivity contribution in [3.05, 3.63) is 18.2 Å². The molecule has 1 unspecified atom stereocenters. The van der Waals surface area contributed by atoms with Crippen LogP contribution in [0.4, 0.5) is 11.4 Å². The summed E-state index contributed by atoms with van der Waals surface area (Å²) >= 11 is 0. The molecule has 2 rings (SSSR count). The summed E-state index contributed by atoms with van der Waals surface area (Å²) in [7, 11) is -3.74. The van der Waals surface area contributed by atoms with E-state index in [0.717, 1.165) is 25.1 Å². The summed E-state index contributed by atoms with van der Waals surface area (Å²) in [6.07, 6.45) is 3.42. The second-order valence-corrected chi connectivity index (χ2v) is 6.19. The van der Waals surface area contributed by atoms with Gasteiger partial charge in [0.05, 0.1) is 5.69 Å². The predicted molar refractivity (Wildman–Crippen MR) is 72.9 cm³/mol. The third kappa shape index (κ3) is 2.44. The van der Waals surface area contributed by atoms with Crippen LogP contribution in [0, 0.1) is 0 Å². The van der Waals surface area contributed by atoms with Crippen molar-refractivity contribution in [3.8, 4) is 0 Å². The Hall–Kier alpha value is -1.27. The van der Waals surface area contributed by atoms with Crippen LogP contribution in [0.5, 0.6) is 0 Å². The van der Waals surface area contributed by atoms with Gasteiger partial charge < -0.3 is 10.6 Å². The van der Waals surface area contributed by atoms with Gasteiger partial charge in [-0.05, 0) is 37.5 Å². The molecule has 1 aromatic carbocycles. The van der Waals surface area contributed by atoms with Crippen molar-refractivity contribution in [1.29, 1.82) is 0 Å². The molecule has 0 aliphatic carbocycles. The van der Waals surface area contributed by atoms with Crippen molar-refractivity contribution in [2.45, 2.75) is 37.1 Å². The van der Waals surface area contributed by atoms with Crippen LogP contribution >= 0.6 is 0 Å². The van der Waals surface area contributed by atoms with Crippen molar-refractivity contribution < 1.29 is 8.42 Å². The van der Waals surface area contributed by atoms with Gasteiger partial charge in [0.2, 0.25) is 10.0 Å². The largest absolute Gasteiger partial charge is 0.398 e. The third-order valence-corrected chi connectivity index (χ3v) is 4.46. The van der Waals surface area contributed by atoms with E-state index in [4.69, 9.17) is 10.9 Å². The summed E-state index contributed by atoms with van der Waals surface area (Å²) in [5.74, 6) is 0. The maximum absolute atomic E-state index is 11.3. The van der Waals surface area contributed by atoms with Crippen molar-refractivity contribution in [1.82, 2.24) is 0 Å². The maximum atomic E-state index is 11.3. The molecule has 18 heavy (non-hydrogen) atoms. The molecule has 4 N–H and O–H groups in total. The summed E-state index contributed by atoms with van der Waals surface area (Å²) < 4.78 is 22.6. The zero-order chi connectivity index (χ0) is 13.3. The topological polar surface area (TPSA) is 89.4 Å². The molecule has 0 radical (unpaired) electrons. The standard InChI is InChI=1S/C12H19N3O2S/c1-2-9-4-3-7-15(9)10-5-6-12(11(13)8-10)18(14,16)17/h5-6,8-9H,2-4,7,13H2,1H3,(H2,14,16,17). The Labute approximate surface area is 108 Å². The number of benzene rings is 1. The van der Waals surface area contributed by atoms with Gasteiger partial charge >= 0.3 is 0 Å². The Morgan fingerprint density at radius 1 is 1.44 bits per heavy atom. The van der Waals surface area contributed by atoms with Gasteiger partial charge in [-0.2, -0.15) is 0 Å². The van der Waals surface area contributed by atoms with Crippen LogP contribution in [0.15, 0.2) is 23.1 Å². The zero-order valence-electron chi connectivity index (χ0n) is 10.5. The summed E-state index contributed by atoms with van der Waals surface area (Å²) in [6.45, 7) is 3.15. The van der Waals surface area contributed by atoms with Crippen molar-refractivity contribution in [3.63, 3.8) is 0 Å². The highest BCUT2D eigenvalue weighted by Gasteiger charge is 2.24. The first-order chi connectivity index (χ1) is 8.43. The van der Waals surface area contributed by atoms with Crippen molar-refractivity contribution in [2.24, 2.45) is 5.14 Å². The molecule has 100 valence electrons. The average Bonchev–Trinajstić information content (AvgIpc) is 2.74. The Morgan fingerprint density at radius 2 is 2.17 bits per heavy atom. The Morgan fingerprint density at radius 3 is 2.72 bits per heavy atom. The van der Waals surface area contributed by atoms with Gasteiger partial charge in [-0.15, -0.1) is 0 Å². The first-order valence-electron chi connectivity index (χ1n) is 6.12. The number of anilines is 2. The Kier molecular flexibility index (Phi) is 3.49. The predicted octanol–water partition coefficient (Wildman–Crippen LogP) is 1.29. The number of nitrogens with two attached hydrogens (primary N) is 2.